The molecule has 6 nitrogen and oxygen atoms in total. The van der Waals surface area contributed by atoms with Crippen LogP contribution in [0.15, 0.2) is 41.5 Å². The fourth-order valence-electron chi connectivity index (χ4n) is 2.40. The Balaban J connectivity index is 1.74. The first-order valence-electron chi connectivity index (χ1n) is 7.19. The van der Waals surface area contributed by atoms with Crippen LogP contribution in [0.25, 0.3) is 11.4 Å². The molecule has 1 N–H and O–H groups in total. The summed E-state index contributed by atoms with van der Waals surface area (Å²) >= 11 is 11.3. The minimum Gasteiger partial charge on any atom is -0.454 e. The van der Waals surface area contributed by atoms with Crippen LogP contribution in [0.2, 0.25) is 5.02 Å². The number of aromatic nitrogens is 3. The summed E-state index contributed by atoms with van der Waals surface area (Å²) in [6, 6.07) is 9.68. The van der Waals surface area contributed by atoms with E-state index in [2.05, 4.69) is 15.3 Å². The maximum absolute atomic E-state index is 14.0. The molecule has 0 bridgehead atoms. The number of hydrogen-bond donors (Lipinski definition) is 1. The number of nitrogens with one attached hydrogen (secondary N) is 1. The van der Waals surface area contributed by atoms with Gasteiger partial charge in [-0.1, -0.05) is 23.7 Å². The Morgan fingerprint density at radius 1 is 1.32 bits per heavy atom. The van der Waals surface area contributed by atoms with Gasteiger partial charge >= 0.3 is 0 Å². The van der Waals surface area contributed by atoms with E-state index in [1.165, 1.54) is 17.0 Å². The second kappa shape index (κ2) is 6.30. The fourth-order valence-corrected chi connectivity index (χ4v) is 2.85. The lowest BCUT2D eigenvalue weighted by Crippen LogP contribution is -1.97. The molecule has 1 aliphatic heterocycles. The van der Waals surface area contributed by atoms with Gasteiger partial charge in [-0.05, 0) is 42.0 Å². The molecule has 1 aliphatic rings. The largest absolute Gasteiger partial charge is 0.454 e. The number of aromatic amines is 1. The van der Waals surface area contributed by atoms with E-state index in [9.17, 15) is 4.39 Å². The monoisotopic (exact) mass is 376 g/mol. The lowest BCUT2D eigenvalue weighted by Gasteiger charge is -2.03. The predicted octanol–water partition coefficient (Wildman–Crippen LogP) is 4.01. The lowest BCUT2D eigenvalue weighted by molar-refractivity contribution is 0.174. The van der Waals surface area contributed by atoms with Gasteiger partial charge in [0.05, 0.1) is 16.8 Å². The minimum atomic E-state index is -0.418. The summed E-state index contributed by atoms with van der Waals surface area (Å²) in [6.07, 6.45) is 1.53. The molecule has 2 heterocycles. The van der Waals surface area contributed by atoms with Crippen LogP contribution in [0.4, 0.5) is 4.39 Å². The first kappa shape index (κ1) is 15.8. The van der Waals surface area contributed by atoms with Crippen molar-refractivity contribution in [2.45, 2.75) is 0 Å². The van der Waals surface area contributed by atoms with Gasteiger partial charge in [0.1, 0.15) is 5.82 Å². The van der Waals surface area contributed by atoms with E-state index in [0.717, 1.165) is 0 Å². The van der Waals surface area contributed by atoms with Crippen molar-refractivity contribution in [1.82, 2.24) is 14.9 Å². The highest BCUT2D eigenvalue weighted by atomic mass is 35.5. The topological polar surface area (TPSA) is 64.4 Å². The summed E-state index contributed by atoms with van der Waals surface area (Å²) < 4.78 is 26.2. The quantitative estimate of drug-likeness (QED) is 0.554. The second-order valence-corrected chi connectivity index (χ2v) is 5.92. The number of halogens is 2. The van der Waals surface area contributed by atoms with E-state index in [1.54, 1.807) is 30.3 Å². The molecular weight excluding hydrogens is 367 g/mol. The zero-order valence-corrected chi connectivity index (χ0v) is 14.1. The summed E-state index contributed by atoms with van der Waals surface area (Å²) in [5, 5.41) is 11.4. The van der Waals surface area contributed by atoms with Gasteiger partial charge in [0, 0.05) is 0 Å². The summed E-state index contributed by atoms with van der Waals surface area (Å²) in [5.74, 6) is 0.898. The maximum Gasteiger partial charge on any atom is 0.231 e. The Kier molecular flexibility index (Phi) is 3.98. The van der Waals surface area contributed by atoms with Crippen LogP contribution in [0.5, 0.6) is 11.5 Å². The smallest absolute Gasteiger partial charge is 0.231 e. The van der Waals surface area contributed by atoms with Gasteiger partial charge in [-0.25, -0.2) is 9.49 Å². The summed E-state index contributed by atoms with van der Waals surface area (Å²) in [7, 11) is 0. The van der Waals surface area contributed by atoms with Crippen LogP contribution in [0, 0.1) is 10.6 Å². The normalized spacial score (nSPS) is 12.9. The molecule has 4 rings (SSSR count). The van der Waals surface area contributed by atoms with Gasteiger partial charge in [0.15, 0.2) is 17.3 Å². The Morgan fingerprint density at radius 3 is 3.00 bits per heavy atom. The molecule has 9 heteroatoms. The predicted molar refractivity (Wildman–Crippen MR) is 93.4 cm³/mol. The molecule has 3 aromatic rings. The van der Waals surface area contributed by atoms with Crippen molar-refractivity contribution < 1.29 is 13.9 Å². The molecule has 0 saturated heterocycles. The van der Waals surface area contributed by atoms with Crippen molar-refractivity contribution in [2.24, 2.45) is 5.10 Å². The lowest BCUT2D eigenvalue weighted by atomic mass is 10.2. The average Bonchev–Trinajstić information content (AvgIpc) is 3.20. The Hall–Kier alpha value is -2.71. The van der Waals surface area contributed by atoms with E-state index in [1.807, 2.05) is 0 Å². The Morgan fingerprint density at radius 2 is 2.16 bits per heavy atom. The molecule has 0 amide bonds. The standard InChI is InChI=1S/C16H10ClFN4O2S/c17-11-5-9(6-13-14(11)24-8-23-13)7-19-22-15(20-21-16(22)25)10-3-1-2-4-12(10)18/h1-7H,8H2,(H,21,25)/b19-7-. The molecule has 0 aliphatic carbocycles. The van der Waals surface area contributed by atoms with Crippen LogP contribution >= 0.6 is 23.8 Å². The number of H-pyrrole nitrogens is 1. The second-order valence-electron chi connectivity index (χ2n) is 5.13. The molecule has 0 saturated carbocycles. The zero-order valence-electron chi connectivity index (χ0n) is 12.6. The fraction of sp³-hybridized carbons (Fsp3) is 0.0625. The SMILES string of the molecule is Fc1ccccc1-c1n[nH]c(=S)n1/N=C\c1cc(Cl)c2c(c1)OCO2. The van der Waals surface area contributed by atoms with Crippen molar-refractivity contribution in [3.8, 4) is 22.9 Å². The molecule has 0 unspecified atom stereocenters. The maximum atomic E-state index is 14.0. The molecule has 0 atom stereocenters. The molecular formula is C16H10ClFN4O2S. The third-order valence-corrected chi connectivity index (χ3v) is 4.08. The Labute approximate surface area is 151 Å². The van der Waals surface area contributed by atoms with Gasteiger partial charge in [-0.15, -0.1) is 0 Å². The molecule has 1 aromatic heterocycles. The summed E-state index contributed by atoms with van der Waals surface area (Å²) in [4.78, 5) is 0. The summed E-state index contributed by atoms with van der Waals surface area (Å²) in [6.45, 7) is 0.125. The summed E-state index contributed by atoms with van der Waals surface area (Å²) in [5.41, 5.74) is 0.965. The highest BCUT2D eigenvalue weighted by Crippen LogP contribution is 2.39. The molecule has 0 fully saturated rings. The van der Waals surface area contributed by atoms with E-state index in [4.69, 9.17) is 33.3 Å². The molecule has 0 radical (unpaired) electrons. The van der Waals surface area contributed by atoms with E-state index >= 15 is 0 Å². The number of rotatable bonds is 3. The van der Waals surface area contributed by atoms with E-state index in [0.29, 0.717) is 22.1 Å². The van der Waals surface area contributed by atoms with E-state index < -0.39 is 5.82 Å². The highest BCUT2D eigenvalue weighted by Gasteiger charge is 2.18. The zero-order chi connectivity index (χ0) is 17.4. The number of hydrogen-bond acceptors (Lipinski definition) is 5. The average molecular weight is 377 g/mol. The van der Waals surface area contributed by atoms with Crippen molar-refractivity contribution in [3.63, 3.8) is 0 Å². The van der Waals surface area contributed by atoms with Crippen LogP contribution in [-0.4, -0.2) is 27.9 Å². The molecule has 2 aromatic carbocycles. The van der Waals surface area contributed by atoms with Gasteiger partial charge in [0.2, 0.25) is 11.6 Å². The van der Waals surface area contributed by atoms with Crippen LogP contribution in [-0.2, 0) is 0 Å². The van der Waals surface area contributed by atoms with Crippen molar-refractivity contribution >= 4 is 30.0 Å². The van der Waals surface area contributed by atoms with Crippen molar-refractivity contribution in [2.75, 3.05) is 6.79 Å². The number of fused-ring (bicyclic) bond motifs is 1. The van der Waals surface area contributed by atoms with Gasteiger partial charge in [0.25, 0.3) is 0 Å². The van der Waals surface area contributed by atoms with Crippen LogP contribution < -0.4 is 9.47 Å². The molecule has 25 heavy (non-hydrogen) atoms. The minimum absolute atomic E-state index is 0.125. The highest BCUT2D eigenvalue weighted by molar-refractivity contribution is 7.71. The van der Waals surface area contributed by atoms with Gasteiger partial charge in [-0.2, -0.15) is 14.9 Å². The van der Waals surface area contributed by atoms with Crippen LogP contribution in [0.1, 0.15) is 5.56 Å². The Bertz CT molecular complexity index is 1050. The third-order valence-electron chi connectivity index (χ3n) is 3.54. The van der Waals surface area contributed by atoms with Crippen molar-refractivity contribution in [1.29, 1.82) is 0 Å². The molecule has 0 spiro atoms. The van der Waals surface area contributed by atoms with E-state index in [-0.39, 0.29) is 23.0 Å². The van der Waals surface area contributed by atoms with Gasteiger partial charge in [-0.3, -0.25) is 0 Å². The first-order valence-corrected chi connectivity index (χ1v) is 7.98. The van der Waals surface area contributed by atoms with Gasteiger partial charge < -0.3 is 9.47 Å². The number of ether oxygens (including phenoxy) is 2. The molecule has 126 valence electrons. The first-order chi connectivity index (χ1) is 12.1. The third kappa shape index (κ3) is 2.90. The number of benzene rings is 2. The number of nitrogens with zero attached hydrogens (tertiary/aromatic N) is 3. The van der Waals surface area contributed by atoms with Crippen LogP contribution in [0.3, 0.4) is 0 Å². The van der Waals surface area contributed by atoms with Crippen molar-refractivity contribution in [3.05, 3.63) is 57.6 Å².